The molecule has 0 aliphatic carbocycles. The van der Waals surface area contributed by atoms with Gasteiger partial charge in [0.25, 0.3) is 0 Å². The Kier molecular flexibility index (Phi) is 7.44. The Hall–Kier alpha value is -3.53. The molecule has 0 radical (unpaired) electrons. The summed E-state index contributed by atoms with van der Waals surface area (Å²) in [6.07, 6.45) is 4.32. The van der Waals surface area contributed by atoms with Crippen molar-refractivity contribution in [3.8, 4) is 11.3 Å². The Morgan fingerprint density at radius 1 is 0.707 bits per heavy atom. The summed E-state index contributed by atoms with van der Waals surface area (Å²) in [6, 6.07) is 41.0. The molecule has 0 N–H and O–H groups in total. The van der Waals surface area contributed by atoms with Gasteiger partial charge in [0.1, 0.15) is 0 Å². The Balaban J connectivity index is 1.65. The van der Waals surface area contributed by atoms with Crippen LogP contribution in [0.1, 0.15) is 53.0 Å². The van der Waals surface area contributed by atoms with Crippen LogP contribution in [0.4, 0.5) is 0 Å². The summed E-state index contributed by atoms with van der Waals surface area (Å²) < 4.78 is 2.83. The van der Waals surface area contributed by atoms with Crippen molar-refractivity contribution in [2.24, 2.45) is 0 Å². The van der Waals surface area contributed by atoms with Crippen LogP contribution in [0.5, 0.6) is 0 Å². The molecule has 0 unspecified atom stereocenters. The van der Waals surface area contributed by atoms with Gasteiger partial charge in [-0.25, -0.2) is 0 Å². The summed E-state index contributed by atoms with van der Waals surface area (Å²) in [4.78, 5) is 5.06. The number of aromatic nitrogens is 1. The topological polar surface area (TPSA) is 12.9 Å². The molecule has 0 bridgehead atoms. The van der Waals surface area contributed by atoms with Gasteiger partial charge >= 0.3 is 0 Å². The second-order valence-electron chi connectivity index (χ2n) is 12.2. The van der Waals surface area contributed by atoms with E-state index >= 15 is 0 Å². The predicted molar refractivity (Wildman–Crippen MR) is 183 cm³/mol. The standard InChI is InChI=1S/C38H39NSSi/c1-6-30(7-2)41(31-17-10-8-11-18-31,32-19-12-9-13-20-32)35-26-28-22-23-39-36(37(28)40-35)29-24-27-16-14-15-21-33(27)34(25-29)38(3,4)5/h8-26,30H,6-7H2,1-5H3. The minimum Gasteiger partial charge on any atom is -0.255 e. The molecule has 0 saturated heterocycles. The summed E-state index contributed by atoms with van der Waals surface area (Å²) in [5.74, 6) is 0. The van der Waals surface area contributed by atoms with Crippen LogP contribution in [-0.4, -0.2) is 13.1 Å². The average Bonchev–Trinajstić information content (AvgIpc) is 3.44. The van der Waals surface area contributed by atoms with E-state index < -0.39 is 8.07 Å². The van der Waals surface area contributed by atoms with Crippen molar-refractivity contribution in [1.82, 2.24) is 4.98 Å². The molecule has 6 aromatic rings. The van der Waals surface area contributed by atoms with Crippen LogP contribution in [0.3, 0.4) is 0 Å². The number of benzene rings is 4. The summed E-state index contributed by atoms with van der Waals surface area (Å²) in [5, 5.41) is 6.91. The van der Waals surface area contributed by atoms with Crippen LogP contribution in [0.15, 0.2) is 115 Å². The van der Waals surface area contributed by atoms with Crippen LogP contribution < -0.4 is 14.9 Å². The fourth-order valence-corrected chi connectivity index (χ4v) is 15.2. The molecule has 1 nitrogen and oxygen atoms in total. The molecule has 41 heavy (non-hydrogen) atoms. The summed E-state index contributed by atoms with van der Waals surface area (Å²) in [5.41, 5.74) is 4.30. The third-order valence-electron chi connectivity index (χ3n) is 8.82. The zero-order valence-electron chi connectivity index (χ0n) is 24.8. The van der Waals surface area contributed by atoms with E-state index in [1.165, 1.54) is 46.9 Å². The Bertz CT molecular complexity index is 1750. The van der Waals surface area contributed by atoms with Crippen molar-refractivity contribution in [1.29, 1.82) is 0 Å². The van der Waals surface area contributed by atoms with Crippen LogP contribution >= 0.6 is 11.3 Å². The smallest absolute Gasteiger partial charge is 0.163 e. The molecular formula is C38H39NSSi. The molecule has 2 heterocycles. The zero-order chi connectivity index (χ0) is 28.6. The third-order valence-corrected chi connectivity index (χ3v) is 16.5. The lowest BCUT2D eigenvalue weighted by atomic mass is 9.82. The first-order chi connectivity index (χ1) is 19.9. The van der Waals surface area contributed by atoms with Gasteiger partial charge in [0, 0.05) is 16.3 Å². The monoisotopic (exact) mass is 569 g/mol. The van der Waals surface area contributed by atoms with Crippen LogP contribution in [-0.2, 0) is 5.41 Å². The molecule has 6 rings (SSSR count). The lowest BCUT2D eigenvalue weighted by molar-refractivity contribution is 0.596. The Morgan fingerprint density at radius 2 is 1.32 bits per heavy atom. The van der Waals surface area contributed by atoms with E-state index in [0.29, 0.717) is 5.54 Å². The van der Waals surface area contributed by atoms with E-state index in [-0.39, 0.29) is 5.41 Å². The maximum absolute atomic E-state index is 5.06. The highest BCUT2D eigenvalue weighted by molar-refractivity contribution is 7.36. The van der Waals surface area contributed by atoms with Crippen molar-refractivity contribution in [2.75, 3.05) is 0 Å². The highest BCUT2D eigenvalue weighted by atomic mass is 32.1. The molecule has 0 fully saturated rings. The Morgan fingerprint density at radius 3 is 1.93 bits per heavy atom. The molecule has 0 atom stereocenters. The van der Waals surface area contributed by atoms with E-state index in [2.05, 4.69) is 144 Å². The Labute approximate surface area is 249 Å². The van der Waals surface area contributed by atoms with Crippen molar-refractivity contribution < 1.29 is 0 Å². The highest BCUT2D eigenvalue weighted by Gasteiger charge is 2.46. The van der Waals surface area contributed by atoms with Gasteiger partial charge in [0.15, 0.2) is 8.07 Å². The fourth-order valence-electron chi connectivity index (χ4n) is 6.86. The van der Waals surface area contributed by atoms with Gasteiger partial charge in [-0.1, -0.05) is 132 Å². The number of fused-ring (bicyclic) bond motifs is 2. The van der Waals surface area contributed by atoms with Gasteiger partial charge < -0.3 is 0 Å². The molecule has 0 aliphatic rings. The average molecular weight is 570 g/mol. The minimum absolute atomic E-state index is 0.0300. The number of rotatable bonds is 7. The van der Waals surface area contributed by atoms with E-state index in [1.54, 1.807) is 0 Å². The van der Waals surface area contributed by atoms with Crippen LogP contribution in [0.25, 0.3) is 32.1 Å². The number of pyridine rings is 1. The van der Waals surface area contributed by atoms with Crippen LogP contribution in [0, 0.1) is 0 Å². The zero-order valence-corrected chi connectivity index (χ0v) is 26.6. The summed E-state index contributed by atoms with van der Waals surface area (Å²) in [7, 11) is -2.35. The number of nitrogens with zero attached hydrogens (tertiary/aromatic N) is 1. The SMILES string of the molecule is CCC(CC)[Si](c1ccccc1)(c1ccccc1)c1cc2ccnc(-c3cc(C(C)(C)C)c4ccccc4c3)c2s1. The van der Waals surface area contributed by atoms with Gasteiger partial charge in [-0.05, 0) is 67.3 Å². The van der Waals surface area contributed by atoms with E-state index in [9.17, 15) is 0 Å². The maximum Gasteiger partial charge on any atom is 0.163 e. The van der Waals surface area contributed by atoms with Crippen molar-refractivity contribution in [3.05, 3.63) is 121 Å². The first kappa shape index (κ1) is 27.6. The molecule has 206 valence electrons. The normalized spacial score (nSPS) is 12.4. The molecule has 2 aromatic heterocycles. The molecule has 4 aromatic carbocycles. The van der Waals surface area contributed by atoms with Gasteiger partial charge in [-0.2, -0.15) is 0 Å². The third kappa shape index (κ3) is 4.75. The number of hydrogen-bond donors (Lipinski definition) is 0. The molecule has 0 aliphatic heterocycles. The predicted octanol–water partition coefficient (Wildman–Crippen LogP) is 9.07. The molecular weight excluding hydrogens is 531 g/mol. The molecule has 0 spiro atoms. The quantitative estimate of drug-likeness (QED) is 0.175. The van der Waals surface area contributed by atoms with Gasteiger partial charge in [0.2, 0.25) is 0 Å². The number of hydrogen-bond acceptors (Lipinski definition) is 2. The molecule has 0 saturated carbocycles. The van der Waals surface area contributed by atoms with Gasteiger partial charge in [0.05, 0.1) is 10.4 Å². The lowest BCUT2D eigenvalue weighted by Crippen LogP contribution is -2.69. The second kappa shape index (κ2) is 11.0. The molecule has 0 amide bonds. The fraction of sp³-hybridized carbons (Fsp3) is 0.237. The van der Waals surface area contributed by atoms with Crippen molar-refractivity contribution >= 4 is 55.1 Å². The molecule has 3 heteroatoms. The first-order valence-corrected chi connectivity index (χ1v) is 17.8. The maximum atomic E-state index is 5.06. The van der Waals surface area contributed by atoms with Gasteiger partial charge in [-0.15, -0.1) is 11.3 Å². The minimum atomic E-state index is -2.35. The van der Waals surface area contributed by atoms with E-state index in [0.717, 1.165) is 18.5 Å². The van der Waals surface area contributed by atoms with Crippen LogP contribution in [0.2, 0.25) is 5.54 Å². The summed E-state index contributed by atoms with van der Waals surface area (Å²) in [6.45, 7) is 11.7. The second-order valence-corrected chi connectivity index (χ2v) is 17.8. The largest absolute Gasteiger partial charge is 0.255 e. The summed E-state index contributed by atoms with van der Waals surface area (Å²) >= 11 is 1.99. The van der Waals surface area contributed by atoms with E-state index in [1.807, 2.05) is 17.5 Å². The number of thiophene rings is 1. The lowest BCUT2D eigenvalue weighted by Gasteiger charge is -2.39. The van der Waals surface area contributed by atoms with E-state index in [4.69, 9.17) is 4.98 Å². The highest BCUT2D eigenvalue weighted by Crippen LogP contribution is 2.39. The van der Waals surface area contributed by atoms with Crippen molar-refractivity contribution in [3.63, 3.8) is 0 Å². The van der Waals surface area contributed by atoms with Crippen molar-refractivity contribution in [2.45, 2.75) is 58.4 Å². The van der Waals surface area contributed by atoms with Gasteiger partial charge in [-0.3, -0.25) is 4.98 Å². The first-order valence-electron chi connectivity index (χ1n) is 14.9.